The predicted molar refractivity (Wildman–Crippen MR) is 113 cm³/mol. The molecular formula is C20H23FN6O3S. The summed E-state index contributed by atoms with van der Waals surface area (Å²) in [5.74, 6) is 0.648. The van der Waals surface area contributed by atoms with Crippen molar-refractivity contribution in [3.63, 3.8) is 0 Å². The van der Waals surface area contributed by atoms with Gasteiger partial charge in [0.25, 0.3) is 0 Å². The Morgan fingerprint density at radius 3 is 2.32 bits per heavy atom. The van der Waals surface area contributed by atoms with E-state index in [0.717, 1.165) is 17.5 Å². The van der Waals surface area contributed by atoms with Crippen LogP contribution < -0.4 is 9.64 Å². The van der Waals surface area contributed by atoms with Crippen LogP contribution in [-0.4, -0.2) is 65.8 Å². The van der Waals surface area contributed by atoms with E-state index in [9.17, 15) is 12.8 Å². The van der Waals surface area contributed by atoms with Gasteiger partial charge in [-0.1, -0.05) is 0 Å². The molecule has 0 radical (unpaired) electrons. The van der Waals surface area contributed by atoms with Crippen LogP contribution >= 0.6 is 0 Å². The third kappa shape index (κ3) is 4.10. The highest BCUT2D eigenvalue weighted by Crippen LogP contribution is 2.25. The Hall–Kier alpha value is -3.05. The lowest BCUT2D eigenvalue weighted by molar-refractivity contribution is 0.379. The van der Waals surface area contributed by atoms with E-state index in [1.54, 1.807) is 4.68 Å². The van der Waals surface area contributed by atoms with Crippen molar-refractivity contribution in [1.29, 1.82) is 0 Å². The Kier molecular flexibility index (Phi) is 5.63. The lowest BCUT2D eigenvalue weighted by atomic mass is 10.3. The van der Waals surface area contributed by atoms with Crippen molar-refractivity contribution in [3.05, 3.63) is 53.9 Å². The maximum Gasteiger partial charge on any atom is 0.243 e. The first-order valence-corrected chi connectivity index (χ1v) is 11.2. The number of hydrogen-bond donors (Lipinski definition) is 0. The maximum absolute atomic E-state index is 14.0. The number of benzene rings is 1. The first kappa shape index (κ1) is 21.2. The smallest absolute Gasteiger partial charge is 0.243 e. The van der Waals surface area contributed by atoms with Crippen molar-refractivity contribution in [3.8, 4) is 11.6 Å². The van der Waals surface area contributed by atoms with Gasteiger partial charge in [0.05, 0.1) is 17.7 Å². The molecule has 1 aromatic carbocycles. The Labute approximate surface area is 180 Å². The summed E-state index contributed by atoms with van der Waals surface area (Å²) in [5, 5.41) is 4.44. The minimum atomic E-state index is -3.80. The zero-order valence-corrected chi connectivity index (χ0v) is 18.3. The first-order valence-electron chi connectivity index (χ1n) is 9.74. The number of aromatic nitrogens is 4. The molecule has 1 fully saturated rings. The van der Waals surface area contributed by atoms with E-state index in [2.05, 4.69) is 15.1 Å². The van der Waals surface area contributed by atoms with E-state index < -0.39 is 15.8 Å². The molecule has 1 saturated heterocycles. The highest BCUT2D eigenvalue weighted by molar-refractivity contribution is 7.89. The quantitative estimate of drug-likeness (QED) is 0.591. The Morgan fingerprint density at radius 2 is 1.71 bits per heavy atom. The molecule has 0 amide bonds. The van der Waals surface area contributed by atoms with Crippen LogP contribution in [0.1, 0.15) is 11.4 Å². The number of anilines is 1. The zero-order valence-electron chi connectivity index (χ0n) is 17.5. The molecule has 0 saturated carbocycles. The second-order valence-electron chi connectivity index (χ2n) is 7.26. The molecule has 4 rings (SSSR count). The van der Waals surface area contributed by atoms with E-state index in [0.29, 0.717) is 24.7 Å². The van der Waals surface area contributed by atoms with Crippen molar-refractivity contribution in [2.24, 2.45) is 0 Å². The SMILES string of the molecule is COc1ccc(S(=O)(=O)N2CCN(c3cc(-n4nc(C)cc4C)ncn3)CC2)cc1F. The van der Waals surface area contributed by atoms with E-state index in [1.807, 2.05) is 30.9 Å². The molecule has 0 unspecified atom stereocenters. The summed E-state index contributed by atoms with van der Waals surface area (Å²) in [6, 6.07) is 7.47. The normalized spacial score (nSPS) is 15.3. The number of nitrogens with zero attached hydrogens (tertiary/aromatic N) is 6. The van der Waals surface area contributed by atoms with Crippen molar-refractivity contribution >= 4 is 15.8 Å². The molecule has 0 spiro atoms. The zero-order chi connectivity index (χ0) is 22.2. The summed E-state index contributed by atoms with van der Waals surface area (Å²) in [6.07, 6.45) is 1.48. The van der Waals surface area contributed by atoms with Crippen LogP contribution in [0.3, 0.4) is 0 Å². The monoisotopic (exact) mass is 446 g/mol. The van der Waals surface area contributed by atoms with Crippen LogP contribution in [0.5, 0.6) is 5.75 Å². The third-order valence-corrected chi connectivity index (χ3v) is 7.08. The Bertz CT molecular complexity index is 1210. The Balaban J connectivity index is 1.49. The van der Waals surface area contributed by atoms with Crippen LogP contribution in [0.4, 0.5) is 10.2 Å². The fourth-order valence-electron chi connectivity index (χ4n) is 3.60. The highest BCUT2D eigenvalue weighted by Gasteiger charge is 2.30. The number of halogens is 1. The lowest BCUT2D eigenvalue weighted by Gasteiger charge is -2.34. The topological polar surface area (TPSA) is 93.5 Å². The van der Waals surface area contributed by atoms with E-state index in [-0.39, 0.29) is 23.7 Å². The molecule has 0 atom stereocenters. The third-order valence-electron chi connectivity index (χ3n) is 5.19. The number of hydrogen-bond acceptors (Lipinski definition) is 7. The summed E-state index contributed by atoms with van der Waals surface area (Å²) in [4.78, 5) is 10.6. The average Bonchev–Trinajstić information content (AvgIpc) is 3.11. The summed E-state index contributed by atoms with van der Waals surface area (Å²) in [5.41, 5.74) is 1.86. The minimum Gasteiger partial charge on any atom is -0.494 e. The molecule has 0 aliphatic carbocycles. The minimum absolute atomic E-state index is 0.00551. The second-order valence-corrected chi connectivity index (χ2v) is 9.20. The summed E-state index contributed by atoms with van der Waals surface area (Å²) >= 11 is 0. The number of sulfonamides is 1. The largest absolute Gasteiger partial charge is 0.494 e. The van der Waals surface area contributed by atoms with Gasteiger partial charge in [-0.05, 0) is 38.1 Å². The molecule has 3 aromatic rings. The standard InChI is InChI=1S/C20H23FN6O3S/c1-14-10-15(2)27(24-14)20-12-19(22-13-23-20)25-6-8-26(9-7-25)31(28,29)16-4-5-18(30-3)17(21)11-16/h4-5,10-13H,6-9H2,1-3H3. The van der Waals surface area contributed by atoms with Gasteiger partial charge in [0.2, 0.25) is 10.0 Å². The number of aryl methyl sites for hydroxylation is 2. The van der Waals surface area contributed by atoms with E-state index >= 15 is 0 Å². The van der Waals surface area contributed by atoms with Gasteiger partial charge in [-0.2, -0.15) is 9.40 Å². The number of rotatable bonds is 5. The van der Waals surface area contributed by atoms with Gasteiger partial charge < -0.3 is 9.64 Å². The fraction of sp³-hybridized carbons (Fsp3) is 0.350. The van der Waals surface area contributed by atoms with Gasteiger partial charge in [-0.3, -0.25) is 0 Å². The van der Waals surface area contributed by atoms with Gasteiger partial charge in [-0.25, -0.2) is 27.5 Å². The van der Waals surface area contributed by atoms with Crippen molar-refractivity contribution < 1.29 is 17.5 Å². The van der Waals surface area contributed by atoms with Gasteiger partial charge in [0.15, 0.2) is 17.4 Å². The van der Waals surface area contributed by atoms with Gasteiger partial charge in [-0.15, -0.1) is 0 Å². The first-order chi connectivity index (χ1) is 14.8. The lowest BCUT2D eigenvalue weighted by Crippen LogP contribution is -2.49. The van der Waals surface area contributed by atoms with Gasteiger partial charge in [0, 0.05) is 37.9 Å². The summed E-state index contributed by atoms with van der Waals surface area (Å²) in [7, 11) is -2.47. The van der Waals surface area contributed by atoms with E-state index in [1.165, 1.54) is 29.9 Å². The van der Waals surface area contributed by atoms with Crippen LogP contribution in [0.25, 0.3) is 5.82 Å². The number of piperazine rings is 1. The maximum atomic E-state index is 14.0. The van der Waals surface area contributed by atoms with Gasteiger partial charge >= 0.3 is 0 Å². The molecule has 3 heterocycles. The predicted octanol–water partition coefficient (Wildman–Crippen LogP) is 1.94. The van der Waals surface area contributed by atoms with Crippen molar-refractivity contribution in [2.45, 2.75) is 18.7 Å². The van der Waals surface area contributed by atoms with Crippen LogP contribution in [0.2, 0.25) is 0 Å². The fourth-order valence-corrected chi connectivity index (χ4v) is 5.04. The summed E-state index contributed by atoms with van der Waals surface area (Å²) in [6.45, 7) is 5.29. The molecule has 11 heteroatoms. The molecule has 164 valence electrons. The molecule has 1 aliphatic rings. The van der Waals surface area contributed by atoms with Crippen molar-refractivity contribution in [2.75, 3.05) is 38.2 Å². The van der Waals surface area contributed by atoms with Crippen LogP contribution in [0, 0.1) is 19.7 Å². The number of ether oxygens (including phenoxy) is 1. The number of methoxy groups -OCH3 is 1. The van der Waals surface area contributed by atoms with Gasteiger partial charge in [0.1, 0.15) is 12.1 Å². The molecule has 1 aliphatic heterocycles. The average molecular weight is 447 g/mol. The highest BCUT2D eigenvalue weighted by atomic mass is 32.2. The molecular weight excluding hydrogens is 423 g/mol. The molecule has 0 bridgehead atoms. The van der Waals surface area contributed by atoms with Crippen LogP contribution in [-0.2, 0) is 10.0 Å². The molecule has 9 nitrogen and oxygen atoms in total. The molecule has 2 aromatic heterocycles. The van der Waals surface area contributed by atoms with E-state index in [4.69, 9.17) is 4.74 Å². The second kappa shape index (κ2) is 8.23. The van der Waals surface area contributed by atoms with Crippen molar-refractivity contribution in [1.82, 2.24) is 24.1 Å². The molecule has 0 N–H and O–H groups in total. The molecule has 31 heavy (non-hydrogen) atoms. The summed E-state index contributed by atoms with van der Waals surface area (Å²) < 4.78 is 47.8. The van der Waals surface area contributed by atoms with Crippen LogP contribution in [0.15, 0.2) is 41.6 Å². The Morgan fingerprint density at radius 1 is 1.00 bits per heavy atom.